The van der Waals surface area contributed by atoms with Crippen molar-refractivity contribution in [3.05, 3.63) is 24.3 Å². The summed E-state index contributed by atoms with van der Waals surface area (Å²) in [5, 5.41) is 2.76. The van der Waals surface area contributed by atoms with Crippen LogP contribution in [0.3, 0.4) is 0 Å². The minimum absolute atomic E-state index is 0. The highest BCUT2D eigenvalue weighted by atomic mass is 35.5. The maximum atomic E-state index is 11.7. The summed E-state index contributed by atoms with van der Waals surface area (Å²) in [4.78, 5) is 12.7. The van der Waals surface area contributed by atoms with Crippen LogP contribution in [0.1, 0.15) is 0 Å². The molecule has 4 nitrogen and oxygen atoms in total. The topological polar surface area (TPSA) is 64.3 Å². The van der Waals surface area contributed by atoms with Crippen LogP contribution in [0.5, 0.6) is 0 Å². The third-order valence-electron chi connectivity index (χ3n) is 2.13. The first kappa shape index (κ1) is 16.2. The number of nitrogens with two attached hydrogens (primary N) is 1. The molecule has 1 atom stereocenters. The molecule has 17 heavy (non-hydrogen) atoms. The van der Waals surface area contributed by atoms with Crippen LogP contribution in [0.4, 0.5) is 5.69 Å². The van der Waals surface area contributed by atoms with Gasteiger partial charge in [-0.3, -0.25) is 4.79 Å². The Balaban J connectivity index is 0.00000256. The maximum Gasteiger partial charge on any atom is 0.254 e. The van der Waals surface area contributed by atoms with E-state index >= 15 is 0 Å². The predicted octanol–water partition coefficient (Wildman–Crippen LogP) is 1.74. The number of amides is 1. The van der Waals surface area contributed by atoms with E-state index in [1.807, 2.05) is 30.5 Å². The Morgan fingerprint density at radius 3 is 2.82 bits per heavy atom. The minimum atomic E-state index is -0.599. The zero-order valence-electron chi connectivity index (χ0n) is 9.80. The number of benzene rings is 1. The summed E-state index contributed by atoms with van der Waals surface area (Å²) in [6.07, 6.45) is 1.39. The van der Waals surface area contributed by atoms with Crippen molar-refractivity contribution in [1.82, 2.24) is 0 Å². The van der Waals surface area contributed by atoms with E-state index in [1.54, 1.807) is 11.8 Å². The van der Waals surface area contributed by atoms with Crippen molar-refractivity contribution in [2.45, 2.75) is 11.0 Å². The highest BCUT2D eigenvalue weighted by Gasteiger charge is 2.15. The third kappa shape index (κ3) is 4.95. The number of thioether (sulfide) groups is 1. The number of carbonyl (C=O) groups excluding carboxylic acids is 1. The van der Waals surface area contributed by atoms with Gasteiger partial charge in [0.05, 0.1) is 0 Å². The van der Waals surface area contributed by atoms with Crippen LogP contribution in [-0.4, -0.2) is 31.9 Å². The van der Waals surface area contributed by atoms with E-state index in [1.165, 1.54) is 7.11 Å². The normalized spacial score (nSPS) is 11.5. The van der Waals surface area contributed by atoms with Crippen LogP contribution >= 0.6 is 24.2 Å². The van der Waals surface area contributed by atoms with E-state index in [2.05, 4.69) is 5.32 Å². The molecule has 1 aromatic carbocycles. The largest absolute Gasteiger partial charge is 0.370 e. The Kier molecular flexibility index (Phi) is 7.99. The van der Waals surface area contributed by atoms with Gasteiger partial charge in [-0.2, -0.15) is 0 Å². The predicted molar refractivity (Wildman–Crippen MR) is 74.0 cm³/mol. The van der Waals surface area contributed by atoms with Crippen molar-refractivity contribution in [2.24, 2.45) is 5.73 Å². The monoisotopic (exact) mass is 276 g/mol. The lowest BCUT2D eigenvalue weighted by Gasteiger charge is -2.13. The quantitative estimate of drug-likeness (QED) is 0.804. The fraction of sp³-hybridized carbons (Fsp3) is 0.364. The number of hydrogen-bond acceptors (Lipinski definition) is 4. The molecule has 0 aromatic heterocycles. The molecule has 0 aliphatic heterocycles. The Hall–Kier alpha value is -0.750. The van der Waals surface area contributed by atoms with Crippen LogP contribution in [-0.2, 0) is 9.53 Å². The van der Waals surface area contributed by atoms with Gasteiger partial charge in [-0.25, -0.2) is 0 Å². The number of rotatable bonds is 5. The molecule has 1 rings (SSSR count). The van der Waals surface area contributed by atoms with Crippen LogP contribution in [0.15, 0.2) is 29.2 Å². The molecule has 0 saturated heterocycles. The number of anilines is 1. The van der Waals surface area contributed by atoms with Crippen molar-refractivity contribution >= 4 is 35.8 Å². The minimum Gasteiger partial charge on any atom is -0.370 e. The van der Waals surface area contributed by atoms with Gasteiger partial charge in [0.25, 0.3) is 5.91 Å². The number of methoxy groups -OCH3 is 1. The molecule has 6 heteroatoms. The zero-order chi connectivity index (χ0) is 12.0. The first-order chi connectivity index (χ1) is 7.71. The van der Waals surface area contributed by atoms with E-state index in [0.29, 0.717) is 0 Å². The van der Waals surface area contributed by atoms with Crippen molar-refractivity contribution in [1.29, 1.82) is 0 Å². The molecule has 0 heterocycles. The lowest BCUT2D eigenvalue weighted by atomic mass is 10.3. The molecule has 0 bridgehead atoms. The molecule has 0 saturated carbocycles. The standard InChI is InChI=1S/C11H16N2O2S.ClH/c1-15-10(7-12)11(14)13-8-4-3-5-9(6-8)16-2;/h3-6,10H,7,12H2,1-2H3,(H,13,14);1H. The second-order valence-corrected chi connectivity index (χ2v) is 4.06. The molecule has 96 valence electrons. The first-order valence-electron chi connectivity index (χ1n) is 4.89. The Bertz CT molecular complexity index is 359. The van der Waals surface area contributed by atoms with Crippen molar-refractivity contribution in [2.75, 3.05) is 25.2 Å². The molecule has 0 fully saturated rings. The van der Waals surface area contributed by atoms with Gasteiger partial charge < -0.3 is 15.8 Å². The molecule has 3 N–H and O–H groups in total. The average Bonchev–Trinajstić information content (AvgIpc) is 2.31. The fourth-order valence-electron chi connectivity index (χ4n) is 1.23. The van der Waals surface area contributed by atoms with E-state index in [0.717, 1.165) is 10.6 Å². The second kappa shape index (κ2) is 8.36. The molecular weight excluding hydrogens is 260 g/mol. The van der Waals surface area contributed by atoms with Gasteiger partial charge in [0, 0.05) is 24.2 Å². The highest BCUT2D eigenvalue weighted by molar-refractivity contribution is 7.98. The van der Waals surface area contributed by atoms with Gasteiger partial charge in [-0.1, -0.05) is 6.07 Å². The van der Waals surface area contributed by atoms with Crippen molar-refractivity contribution in [3.63, 3.8) is 0 Å². The lowest BCUT2D eigenvalue weighted by Crippen LogP contribution is -2.35. The van der Waals surface area contributed by atoms with Crippen molar-refractivity contribution < 1.29 is 9.53 Å². The SMILES string of the molecule is COC(CN)C(=O)Nc1cccc(SC)c1.Cl. The summed E-state index contributed by atoms with van der Waals surface area (Å²) in [5.74, 6) is -0.219. The van der Waals surface area contributed by atoms with Gasteiger partial charge in [0.1, 0.15) is 6.10 Å². The van der Waals surface area contributed by atoms with Gasteiger partial charge in [-0.15, -0.1) is 24.2 Å². The molecule has 1 unspecified atom stereocenters. The van der Waals surface area contributed by atoms with Crippen LogP contribution in [0, 0.1) is 0 Å². The van der Waals surface area contributed by atoms with Gasteiger partial charge in [0.15, 0.2) is 0 Å². The number of ether oxygens (including phenoxy) is 1. The van der Waals surface area contributed by atoms with E-state index in [9.17, 15) is 4.79 Å². The first-order valence-corrected chi connectivity index (χ1v) is 6.11. The Morgan fingerprint density at radius 2 is 2.29 bits per heavy atom. The number of carbonyl (C=O) groups is 1. The number of nitrogens with one attached hydrogen (secondary N) is 1. The summed E-state index contributed by atoms with van der Waals surface area (Å²) >= 11 is 1.62. The summed E-state index contributed by atoms with van der Waals surface area (Å²) in [5.41, 5.74) is 6.16. The summed E-state index contributed by atoms with van der Waals surface area (Å²) in [6.45, 7) is 0.171. The second-order valence-electron chi connectivity index (χ2n) is 3.18. The lowest BCUT2D eigenvalue weighted by molar-refractivity contribution is -0.125. The van der Waals surface area contributed by atoms with Crippen LogP contribution < -0.4 is 11.1 Å². The summed E-state index contributed by atoms with van der Waals surface area (Å²) in [7, 11) is 1.47. The summed E-state index contributed by atoms with van der Waals surface area (Å²) in [6, 6.07) is 7.62. The maximum absolute atomic E-state index is 11.7. The molecule has 0 aliphatic carbocycles. The number of hydrogen-bond donors (Lipinski definition) is 2. The average molecular weight is 277 g/mol. The fourth-order valence-corrected chi connectivity index (χ4v) is 1.69. The highest BCUT2D eigenvalue weighted by Crippen LogP contribution is 2.19. The third-order valence-corrected chi connectivity index (χ3v) is 2.85. The van der Waals surface area contributed by atoms with Gasteiger partial charge in [0.2, 0.25) is 0 Å². The van der Waals surface area contributed by atoms with Crippen LogP contribution in [0.25, 0.3) is 0 Å². The smallest absolute Gasteiger partial charge is 0.254 e. The van der Waals surface area contributed by atoms with E-state index < -0.39 is 6.10 Å². The molecule has 1 aromatic rings. The molecule has 0 spiro atoms. The molecule has 0 aliphatic rings. The molecule has 0 radical (unpaired) electrons. The zero-order valence-corrected chi connectivity index (χ0v) is 11.4. The Labute approximate surface area is 112 Å². The number of halogens is 1. The van der Waals surface area contributed by atoms with E-state index in [-0.39, 0.29) is 24.9 Å². The van der Waals surface area contributed by atoms with Gasteiger partial charge in [-0.05, 0) is 24.5 Å². The Morgan fingerprint density at radius 1 is 1.59 bits per heavy atom. The molecular formula is C11H17ClN2O2S. The summed E-state index contributed by atoms with van der Waals surface area (Å²) < 4.78 is 4.95. The van der Waals surface area contributed by atoms with Crippen molar-refractivity contribution in [3.8, 4) is 0 Å². The van der Waals surface area contributed by atoms with Crippen LogP contribution in [0.2, 0.25) is 0 Å². The molecule has 1 amide bonds. The van der Waals surface area contributed by atoms with E-state index in [4.69, 9.17) is 10.5 Å². The van der Waals surface area contributed by atoms with Gasteiger partial charge >= 0.3 is 0 Å².